The molecule has 0 spiro atoms. The summed E-state index contributed by atoms with van der Waals surface area (Å²) in [6, 6.07) is 0. The Labute approximate surface area is 84.2 Å². The van der Waals surface area contributed by atoms with E-state index in [9.17, 15) is 0 Å². The first kappa shape index (κ1) is 11.9. The zero-order valence-electron chi connectivity index (χ0n) is 7.20. The van der Waals surface area contributed by atoms with Crippen LogP contribution in [-0.4, -0.2) is 10.2 Å². The molecule has 0 rings (SSSR count). The van der Waals surface area contributed by atoms with E-state index in [2.05, 4.69) is 13.8 Å². The summed E-state index contributed by atoms with van der Waals surface area (Å²) < 4.78 is 0. The summed E-state index contributed by atoms with van der Waals surface area (Å²) in [6.45, 7) is 6.24. The van der Waals surface area contributed by atoms with E-state index in [1.807, 2.05) is 6.92 Å². The van der Waals surface area contributed by atoms with E-state index >= 15 is 0 Å². The van der Waals surface area contributed by atoms with Crippen LogP contribution in [0.4, 0.5) is 0 Å². The van der Waals surface area contributed by atoms with Gasteiger partial charge in [-0.15, -0.1) is 34.8 Å². The van der Waals surface area contributed by atoms with Gasteiger partial charge in [0.05, 0.1) is 0 Å². The van der Waals surface area contributed by atoms with Crippen LogP contribution in [0.1, 0.15) is 33.6 Å². The van der Waals surface area contributed by atoms with Crippen molar-refractivity contribution in [2.45, 2.75) is 43.8 Å². The lowest BCUT2D eigenvalue weighted by Crippen LogP contribution is -2.18. The molecule has 0 nitrogen and oxygen atoms in total. The monoisotopic (exact) mass is 216 g/mol. The Morgan fingerprint density at radius 1 is 1.09 bits per heavy atom. The molecule has 68 valence electrons. The van der Waals surface area contributed by atoms with Gasteiger partial charge in [0, 0.05) is 5.38 Å². The Hall–Kier alpha value is 0.870. The lowest BCUT2D eigenvalue weighted by Gasteiger charge is -2.26. The van der Waals surface area contributed by atoms with E-state index in [-0.39, 0.29) is 15.6 Å². The van der Waals surface area contributed by atoms with Gasteiger partial charge in [-0.3, -0.25) is 0 Å². The largest absolute Gasteiger partial charge is 0.123 e. The Morgan fingerprint density at radius 3 is 1.82 bits per heavy atom. The van der Waals surface area contributed by atoms with Gasteiger partial charge in [-0.2, -0.15) is 0 Å². The molecule has 0 saturated carbocycles. The summed E-state index contributed by atoms with van der Waals surface area (Å²) in [4.78, 5) is -0.277. The van der Waals surface area contributed by atoms with Crippen molar-refractivity contribution in [1.29, 1.82) is 0 Å². The van der Waals surface area contributed by atoms with Gasteiger partial charge in [0.1, 0.15) is 4.84 Å². The van der Waals surface area contributed by atoms with Gasteiger partial charge < -0.3 is 0 Å². The van der Waals surface area contributed by atoms with Crippen LogP contribution in [0.2, 0.25) is 0 Å². The van der Waals surface area contributed by atoms with Crippen LogP contribution in [0, 0.1) is 5.41 Å². The second-order valence-electron chi connectivity index (χ2n) is 3.74. The fourth-order valence-electron chi connectivity index (χ4n) is 1.26. The molecular formula is C8H15Cl3. The van der Waals surface area contributed by atoms with Gasteiger partial charge >= 0.3 is 0 Å². The number of hydrogen-bond donors (Lipinski definition) is 0. The molecule has 0 aliphatic rings. The first-order valence-corrected chi connectivity index (χ1v) is 5.06. The summed E-state index contributed by atoms with van der Waals surface area (Å²) in [5.41, 5.74) is 0.148. The maximum atomic E-state index is 5.86. The third-order valence-corrected chi connectivity index (χ3v) is 2.00. The molecule has 0 fully saturated rings. The van der Waals surface area contributed by atoms with Crippen LogP contribution in [0.25, 0.3) is 0 Å². The molecule has 0 aromatic rings. The smallest absolute Gasteiger partial charge is 0.108 e. The van der Waals surface area contributed by atoms with E-state index in [1.54, 1.807) is 0 Å². The van der Waals surface area contributed by atoms with Crippen molar-refractivity contribution in [1.82, 2.24) is 0 Å². The molecular weight excluding hydrogens is 202 g/mol. The molecule has 1 atom stereocenters. The summed E-state index contributed by atoms with van der Waals surface area (Å²) in [5, 5.41) is 0.192. The highest BCUT2D eigenvalue weighted by molar-refractivity contribution is 6.44. The van der Waals surface area contributed by atoms with Gasteiger partial charge in [-0.1, -0.05) is 13.8 Å². The zero-order valence-corrected chi connectivity index (χ0v) is 9.47. The van der Waals surface area contributed by atoms with Crippen LogP contribution in [0.15, 0.2) is 0 Å². The fraction of sp³-hybridized carbons (Fsp3) is 1.00. The van der Waals surface area contributed by atoms with E-state index in [4.69, 9.17) is 34.8 Å². The predicted molar refractivity (Wildman–Crippen MR) is 53.8 cm³/mol. The molecule has 0 aliphatic carbocycles. The van der Waals surface area contributed by atoms with Crippen molar-refractivity contribution in [3.63, 3.8) is 0 Å². The predicted octanol–water partition coefficient (Wildman–Crippen LogP) is 4.22. The molecule has 0 heterocycles. The first-order valence-electron chi connectivity index (χ1n) is 3.76. The third kappa shape index (κ3) is 7.24. The van der Waals surface area contributed by atoms with Crippen LogP contribution < -0.4 is 0 Å². The van der Waals surface area contributed by atoms with Crippen molar-refractivity contribution in [3.05, 3.63) is 0 Å². The van der Waals surface area contributed by atoms with Gasteiger partial charge in [0.25, 0.3) is 0 Å². The van der Waals surface area contributed by atoms with E-state index in [0.717, 1.165) is 12.8 Å². The average Bonchev–Trinajstić information content (AvgIpc) is 1.53. The fourth-order valence-corrected chi connectivity index (χ4v) is 2.52. The molecule has 0 aromatic carbocycles. The van der Waals surface area contributed by atoms with E-state index in [0.29, 0.717) is 0 Å². The normalized spacial score (nSPS) is 15.5. The van der Waals surface area contributed by atoms with Crippen LogP contribution in [-0.2, 0) is 0 Å². The average molecular weight is 218 g/mol. The second-order valence-corrected chi connectivity index (χ2v) is 5.77. The highest BCUT2D eigenvalue weighted by Gasteiger charge is 2.22. The van der Waals surface area contributed by atoms with Gasteiger partial charge in [-0.05, 0) is 25.2 Å². The Balaban J connectivity index is 3.79. The summed E-state index contributed by atoms with van der Waals surface area (Å²) in [6.07, 6.45) is 1.75. The molecule has 0 N–H and O–H groups in total. The molecule has 3 heteroatoms. The Kier molecular flexibility index (Phi) is 5.17. The third-order valence-electron chi connectivity index (χ3n) is 1.54. The lowest BCUT2D eigenvalue weighted by molar-refractivity contribution is 0.317. The van der Waals surface area contributed by atoms with Crippen molar-refractivity contribution in [2.75, 3.05) is 0 Å². The number of halogens is 3. The SMILES string of the molecule is CC(Cl)CC(C)(C)CC(Cl)Cl. The highest BCUT2D eigenvalue weighted by Crippen LogP contribution is 2.32. The molecule has 0 amide bonds. The van der Waals surface area contributed by atoms with Crippen LogP contribution in [0.5, 0.6) is 0 Å². The number of rotatable bonds is 4. The van der Waals surface area contributed by atoms with Gasteiger partial charge in [0.15, 0.2) is 0 Å². The van der Waals surface area contributed by atoms with Crippen molar-refractivity contribution >= 4 is 34.8 Å². The number of alkyl halides is 3. The molecule has 0 aliphatic heterocycles. The van der Waals surface area contributed by atoms with Crippen LogP contribution in [0.3, 0.4) is 0 Å². The Bertz CT molecular complexity index is 95.9. The summed E-state index contributed by atoms with van der Waals surface area (Å²) in [7, 11) is 0. The zero-order chi connectivity index (χ0) is 9.07. The van der Waals surface area contributed by atoms with Crippen molar-refractivity contribution in [3.8, 4) is 0 Å². The van der Waals surface area contributed by atoms with Gasteiger partial charge in [0.2, 0.25) is 0 Å². The van der Waals surface area contributed by atoms with Crippen molar-refractivity contribution < 1.29 is 0 Å². The maximum absolute atomic E-state index is 5.86. The van der Waals surface area contributed by atoms with Crippen molar-refractivity contribution in [2.24, 2.45) is 5.41 Å². The maximum Gasteiger partial charge on any atom is 0.108 e. The minimum atomic E-state index is -0.277. The van der Waals surface area contributed by atoms with E-state index < -0.39 is 0 Å². The molecule has 0 saturated heterocycles. The number of hydrogen-bond acceptors (Lipinski definition) is 0. The minimum absolute atomic E-state index is 0.148. The first-order chi connectivity index (χ1) is 4.83. The van der Waals surface area contributed by atoms with E-state index in [1.165, 1.54) is 0 Å². The Morgan fingerprint density at radius 2 is 1.55 bits per heavy atom. The van der Waals surface area contributed by atoms with Crippen LogP contribution >= 0.6 is 34.8 Å². The minimum Gasteiger partial charge on any atom is -0.123 e. The summed E-state index contributed by atoms with van der Waals surface area (Å²) >= 11 is 17.2. The topological polar surface area (TPSA) is 0 Å². The standard InChI is InChI=1S/C8H15Cl3/c1-6(9)4-8(2,3)5-7(10)11/h6-7H,4-5H2,1-3H3. The molecule has 1 unspecified atom stereocenters. The molecule has 0 aromatic heterocycles. The van der Waals surface area contributed by atoms with Gasteiger partial charge in [-0.25, -0.2) is 0 Å². The summed E-state index contributed by atoms with van der Waals surface area (Å²) in [5.74, 6) is 0. The second kappa shape index (κ2) is 4.79. The lowest BCUT2D eigenvalue weighted by atomic mass is 9.85. The quantitative estimate of drug-likeness (QED) is 0.619. The molecule has 11 heavy (non-hydrogen) atoms. The molecule has 0 bridgehead atoms. The molecule has 0 radical (unpaired) electrons. The highest BCUT2D eigenvalue weighted by atomic mass is 35.5.